The maximum Gasteiger partial charge on any atom is 0.321 e. The minimum absolute atomic E-state index is 0.132. The van der Waals surface area contributed by atoms with Crippen molar-refractivity contribution in [1.29, 1.82) is 0 Å². The normalized spacial score (nSPS) is 13.0. The molecule has 6 heteroatoms. The number of rotatable bonds is 6. The topological polar surface area (TPSA) is 75.4 Å². The van der Waals surface area contributed by atoms with Gasteiger partial charge >= 0.3 is 5.97 Å². The van der Waals surface area contributed by atoms with Gasteiger partial charge in [-0.3, -0.25) is 4.79 Å². The number of thioether (sulfide) groups is 1. The summed E-state index contributed by atoms with van der Waals surface area (Å²) in [4.78, 5) is 15.0. The molecule has 1 rings (SSSR count). The molecular weight excluding hydrogens is 228 g/mol. The lowest BCUT2D eigenvalue weighted by molar-refractivity contribution is -0.139. The van der Waals surface area contributed by atoms with E-state index in [0.717, 1.165) is 5.69 Å². The molecule has 0 amide bonds. The zero-order valence-corrected chi connectivity index (χ0v) is 10.4. The van der Waals surface area contributed by atoms with Crippen molar-refractivity contribution >= 4 is 17.7 Å². The Hall–Kier alpha value is -1.01. The lowest BCUT2D eigenvalue weighted by Gasteiger charge is -2.15. The summed E-state index contributed by atoms with van der Waals surface area (Å²) in [5, 5.41) is 12.5. The van der Waals surface area contributed by atoms with Crippen molar-refractivity contribution in [2.75, 3.05) is 5.75 Å². The van der Waals surface area contributed by atoms with Gasteiger partial charge in [0.05, 0.1) is 5.69 Å². The number of carboxylic acids is 1. The van der Waals surface area contributed by atoms with Gasteiger partial charge in [-0.05, 0) is 6.92 Å². The van der Waals surface area contributed by atoms with Gasteiger partial charge in [-0.15, -0.1) is 0 Å². The molecule has 0 aliphatic carbocycles. The van der Waals surface area contributed by atoms with Crippen LogP contribution in [0.25, 0.3) is 0 Å². The number of hydrogen-bond donors (Lipinski definition) is 2. The minimum Gasteiger partial charge on any atom is -0.480 e. The molecular formula is C10H16N2O3S. The summed E-state index contributed by atoms with van der Waals surface area (Å²) in [7, 11) is 0. The van der Waals surface area contributed by atoms with Gasteiger partial charge < -0.3 is 14.8 Å². The van der Waals surface area contributed by atoms with E-state index >= 15 is 0 Å². The van der Waals surface area contributed by atoms with Crippen molar-refractivity contribution in [1.82, 2.24) is 10.3 Å². The van der Waals surface area contributed by atoms with E-state index in [1.54, 1.807) is 6.26 Å². The highest BCUT2D eigenvalue weighted by atomic mass is 32.2. The number of oxazole rings is 1. The first-order valence-corrected chi connectivity index (χ1v) is 6.01. The van der Waals surface area contributed by atoms with Gasteiger partial charge in [-0.2, -0.15) is 0 Å². The first kappa shape index (κ1) is 13.1. The number of hydrogen-bond acceptors (Lipinski definition) is 5. The van der Waals surface area contributed by atoms with Crippen molar-refractivity contribution in [2.24, 2.45) is 0 Å². The average molecular weight is 244 g/mol. The number of nitrogens with zero attached hydrogens (tertiary/aromatic N) is 1. The first-order valence-electron chi connectivity index (χ1n) is 5.03. The maximum absolute atomic E-state index is 10.9. The minimum atomic E-state index is -0.857. The Bertz CT molecular complexity index is 352. The van der Waals surface area contributed by atoms with E-state index in [9.17, 15) is 4.79 Å². The van der Waals surface area contributed by atoms with Crippen LogP contribution in [0, 0.1) is 6.92 Å². The van der Waals surface area contributed by atoms with E-state index < -0.39 is 12.0 Å². The number of aliphatic carboxylic acids is 1. The molecule has 0 saturated carbocycles. The highest BCUT2D eigenvalue weighted by molar-refractivity contribution is 7.99. The Morgan fingerprint density at radius 2 is 2.38 bits per heavy atom. The zero-order chi connectivity index (χ0) is 12.1. The monoisotopic (exact) mass is 244 g/mol. The van der Waals surface area contributed by atoms with Crippen LogP contribution in [-0.4, -0.2) is 33.9 Å². The zero-order valence-electron chi connectivity index (χ0n) is 9.56. The second-order valence-electron chi connectivity index (χ2n) is 3.78. The summed E-state index contributed by atoms with van der Waals surface area (Å²) >= 11 is 1.30. The van der Waals surface area contributed by atoms with Gasteiger partial charge in [0.1, 0.15) is 12.3 Å². The summed E-state index contributed by atoms with van der Waals surface area (Å²) in [6.07, 6.45) is 1.55. The summed E-state index contributed by atoms with van der Waals surface area (Å²) < 4.78 is 5.13. The Labute approximate surface area is 98.6 Å². The highest BCUT2D eigenvalue weighted by Gasteiger charge is 2.19. The van der Waals surface area contributed by atoms with E-state index in [2.05, 4.69) is 10.3 Å². The molecule has 1 aromatic heterocycles. The maximum atomic E-state index is 10.9. The van der Waals surface area contributed by atoms with E-state index in [1.807, 2.05) is 20.8 Å². The van der Waals surface area contributed by atoms with Crippen molar-refractivity contribution < 1.29 is 14.3 Å². The predicted molar refractivity (Wildman–Crippen MR) is 61.7 cm³/mol. The summed E-state index contributed by atoms with van der Waals surface area (Å²) in [5.41, 5.74) is 0.797. The molecule has 16 heavy (non-hydrogen) atoms. The molecule has 0 bridgehead atoms. The summed E-state index contributed by atoms with van der Waals surface area (Å²) in [6.45, 7) is 5.65. The van der Waals surface area contributed by atoms with Gasteiger partial charge in [-0.25, -0.2) is 4.98 Å². The second-order valence-corrected chi connectivity index (χ2v) is 4.75. The van der Waals surface area contributed by atoms with Gasteiger partial charge in [0.2, 0.25) is 0 Å². The standard InChI is InChI=1S/C10H16N2O3S/c1-6(2)11-8(9(13)14)5-16-10-12-7(3)4-15-10/h4,6,8,11H,5H2,1-3H3,(H,13,14). The number of carboxylic acid groups (broad SMARTS) is 1. The Morgan fingerprint density at radius 3 is 2.81 bits per heavy atom. The molecule has 1 unspecified atom stereocenters. The molecule has 0 fully saturated rings. The molecule has 0 aliphatic heterocycles. The van der Waals surface area contributed by atoms with E-state index in [-0.39, 0.29) is 6.04 Å². The molecule has 0 aromatic carbocycles. The van der Waals surface area contributed by atoms with E-state index in [1.165, 1.54) is 11.8 Å². The van der Waals surface area contributed by atoms with Crippen LogP contribution in [0.3, 0.4) is 0 Å². The SMILES string of the molecule is Cc1coc(SCC(NC(C)C)C(=O)O)n1. The van der Waals surface area contributed by atoms with Crippen LogP contribution in [0.15, 0.2) is 15.9 Å². The molecule has 90 valence electrons. The number of carbonyl (C=O) groups is 1. The number of aromatic nitrogens is 1. The van der Waals surface area contributed by atoms with Gasteiger partial charge in [0.25, 0.3) is 5.22 Å². The van der Waals surface area contributed by atoms with Crippen molar-refractivity contribution in [3.8, 4) is 0 Å². The van der Waals surface area contributed by atoms with Crippen LogP contribution in [0.4, 0.5) is 0 Å². The quantitative estimate of drug-likeness (QED) is 0.739. The molecule has 0 aliphatic rings. The molecule has 0 spiro atoms. The Morgan fingerprint density at radius 1 is 1.69 bits per heavy atom. The van der Waals surface area contributed by atoms with E-state index in [4.69, 9.17) is 9.52 Å². The van der Waals surface area contributed by atoms with Crippen LogP contribution < -0.4 is 5.32 Å². The summed E-state index contributed by atoms with van der Waals surface area (Å²) in [5.74, 6) is -0.461. The third-order valence-electron chi connectivity index (χ3n) is 1.80. The van der Waals surface area contributed by atoms with Crippen LogP contribution in [0.5, 0.6) is 0 Å². The molecule has 5 nitrogen and oxygen atoms in total. The Balaban J connectivity index is 2.46. The largest absolute Gasteiger partial charge is 0.480 e. The van der Waals surface area contributed by atoms with Gasteiger partial charge in [0.15, 0.2) is 0 Å². The van der Waals surface area contributed by atoms with Crippen LogP contribution >= 0.6 is 11.8 Å². The van der Waals surface area contributed by atoms with Gasteiger partial charge in [0, 0.05) is 11.8 Å². The molecule has 0 saturated heterocycles. The van der Waals surface area contributed by atoms with Crippen LogP contribution in [0.2, 0.25) is 0 Å². The fraction of sp³-hybridized carbons (Fsp3) is 0.600. The first-order chi connectivity index (χ1) is 7.49. The lowest BCUT2D eigenvalue weighted by atomic mass is 10.3. The van der Waals surface area contributed by atoms with Crippen LogP contribution in [0.1, 0.15) is 19.5 Å². The van der Waals surface area contributed by atoms with Crippen molar-refractivity contribution in [2.45, 2.75) is 38.1 Å². The molecule has 1 aromatic rings. The van der Waals surface area contributed by atoms with Crippen molar-refractivity contribution in [3.63, 3.8) is 0 Å². The smallest absolute Gasteiger partial charge is 0.321 e. The number of aryl methyl sites for hydroxylation is 1. The van der Waals surface area contributed by atoms with Crippen molar-refractivity contribution in [3.05, 3.63) is 12.0 Å². The fourth-order valence-electron chi connectivity index (χ4n) is 1.15. The predicted octanol–water partition coefficient (Wildman–Crippen LogP) is 1.53. The summed E-state index contributed by atoms with van der Waals surface area (Å²) in [6, 6.07) is -0.454. The molecule has 1 atom stereocenters. The fourth-order valence-corrected chi connectivity index (χ4v) is 2.02. The average Bonchev–Trinajstić information content (AvgIpc) is 2.58. The highest BCUT2D eigenvalue weighted by Crippen LogP contribution is 2.17. The molecule has 1 heterocycles. The van der Waals surface area contributed by atoms with Crippen LogP contribution in [-0.2, 0) is 4.79 Å². The third kappa shape index (κ3) is 4.24. The lowest BCUT2D eigenvalue weighted by Crippen LogP contribution is -2.42. The third-order valence-corrected chi connectivity index (χ3v) is 2.74. The van der Waals surface area contributed by atoms with Gasteiger partial charge in [-0.1, -0.05) is 25.6 Å². The number of nitrogens with one attached hydrogen (secondary N) is 1. The Kier molecular flexibility index (Phi) is 4.82. The molecule has 2 N–H and O–H groups in total. The molecule has 0 radical (unpaired) electrons. The second kappa shape index (κ2) is 5.91. The van der Waals surface area contributed by atoms with E-state index in [0.29, 0.717) is 11.0 Å².